The maximum atomic E-state index is 12.4. The molecule has 0 aliphatic heterocycles. The molecule has 1 atom stereocenters. The normalized spacial score (nSPS) is 12.3. The molecule has 6 nitrogen and oxygen atoms in total. The van der Waals surface area contributed by atoms with Crippen LogP contribution in [0.25, 0.3) is 11.6 Å². The molecule has 1 amide bonds. The van der Waals surface area contributed by atoms with Crippen molar-refractivity contribution in [2.75, 3.05) is 5.75 Å². The van der Waals surface area contributed by atoms with Gasteiger partial charge in [0.25, 0.3) is 0 Å². The highest BCUT2D eigenvalue weighted by molar-refractivity contribution is 7.99. The zero-order valence-electron chi connectivity index (χ0n) is 15.8. The van der Waals surface area contributed by atoms with Crippen molar-refractivity contribution in [2.24, 2.45) is 5.92 Å². The summed E-state index contributed by atoms with van der Waals surface area (Å²) in [5.74, 6) is 2.04. The molecule has 0 fully saturated rings. The molecule has 1 N–H and O–H groups in total. The minimum Gasteiger partial charge on any atom is -0.461 e. The smallest absolute Gasteiger partial charge is 0.230 e. The molecule has 2 aromatic heterocycles. The van der Waals surface area contributed by atoms with Crippen LogP contribution in [0.5, 0.6) is 0 Å². The first-order valence-corrected chi connectivity index (χ1v) is 9.97. The number of benzene rings is 1. The van der Waals surface area contributed by atoms with Gasteiger partial charge in [0.15, 0.2) is 16.7 Å². The van der Waals surface area contributed by atoms with Crippen LogP contribution in [-0.4, -0.2) is 26.4 Å². The van der Waals surface area contributed by atoms with Gasteiger partial charge in [0.2, 0.25) is 5.91 Å². The number of aromatic nitrogens is 3. The molecule has 0 bridgehead atoms. The standard InChI is InChI=1S/C20H24N4O2S/c1-14(2)12-24-19(17-10-7-11-26-17)22-23-20(24)27-13-18(25)21-15(3)16-8-5-4-6-9-16/h4-11,14-15H,12-13H2,1-3H3,(H,21,25)/t15-/m1/s1. The lowest BCUT2D eigenvalue weighted by atomic mass is 10.1. The van der Waals surface area contributed by atoms with Crippen molar-refractivity contribution in [2.45, 2.75) is 38.5 Å². The highest BCUT2D eigenvalue weighted by Crippen LogP contribution is 2.25. The lowest BCUT2D eigenvalue weighted by molar-refractivity contribution is -0.119. The van der Waals surface area contributed by atoms with Crippen LogP contribution in [0.15, 0.2) is 58.3 Å². The fourth-order valence-electron chi connectivity index (χ4n) is 2.75. The van der Waals surface area contributed by atoms with Crippen LogP contribution in [-0.2, 0) is 11.3 Å². The van der Waals surface area contributed by atoms with Crippen LogP contribution < -0.4 is 5.32 Å². The third-order valence-electron chi connectivity index (χ3n) is 4.02. The highest BCUT2D eigenvalue weighted by atomic mass is 32.2. The quantitative estimate of drug-likeness (QED) is 0.590. The van der Waals surface area contributed by atoms with Gasteiger partial charge >= 0.3 is 0 Å². The number of nitrogens with zero attached hydrogens (tertiary/aromatic N) is 3. The second-order valence-corrected chi connectivity index (χ2v) is 7.72. The molecule has 0 aliphatic rings. The van der Waals surface area contributed by atoms with Gasteiger partial charge in [0.05, 0.1) is 18.1 Å². The number of hydrogen-bond donors (Lipinski definition) is 1. The summed E-state index contributed by atoms with van der Waals surface area (Å²) in [5, 5.41) is 12.3. The number of hydrogen-bond acceptors (Lipinski definition) is 5. The molecule has 3 rings (SSSR count). The second kappa shape index (κ2) is 8.90. The van der Waals surface area contributed by atoms with Gasteiger partial charge in [-0.3, -0.25) is 9.36 Å². The molecule has 0 saturated heterocycles. The molecule has 27 heavy (non-hydrogen) atoms. The Morgan fingerprint density at radius 1 is 1.15 bits per heavy atom. The van der Waals surface area contributed by atoms with Gasteiger partial charge in [-0.2, -0.15) is 0 Å². The number of rotatable bonds is 8. The van der Waals surface area contributed by atoms with Gasteiger partial charge in [-0.15, -0.1) is 10.2 Å². The minimum atomic E-state index is -0.0356. The molecule has 0 unspecified atom stereocenters. The van der Waals surface area contributed by atoms with Crippen molar-refractivity contribution in [1.82, 2.24) is 20.1 Å². The SMILES string of the molecule is CC(C)Cn1c(SCC(=O)N[C@H](C)c2ccccc2)nnc1-c1ccco1. The maximum absolute atomic E-state index is 12.4. The highest BCUT2D eigenvalue weighted by Gasteiger charge is 2.18. The Morgan fingerprint density at radius 2 is 1.93 bits per heavy atom. The van der Waals surface area contributed by atoms with Crippen LogP contribution in [0, 0.1) is 5.92 Å². The monoisotopic (exact) mass is 384 g/mol. The van der Waals surface area contributed by atoms with E-state index in [2.05, 4.69) is 29.4 Å². The Hall–Kier alpha value is -2.54. The number of nitrogens with one attached hydrogen (secondary N) is 1. The van der Waals surface area contributed by atoms with Gasteiger partial charge in [0.1, 0.15) is 0 Å². The van der Waals surface area contributed by atoms with Crippen LogP contribution in [0.1, 0.15) is 32.4 Å². The Bertz CT molecular complexity index is 860. The first-order valence-electron chi connectivity index (χ1n) is 8.98. The minimum absolute atomic E-state index is 0.0324. The predicted molar refractivity (Wildman–Crippen MR) is 106 cm³/mol. The second-order valence-electron chi connectivity index (χ2n) is 6.78. The lowest BCUT2D eigenvalue weighted by Crippen LogP contribution is -2.28. The summed E-state index contributed by atoms with van der Waals surface area (Å²) in [6.07, 6.45) is 1.62. The van der Waals surface area contributed by atoms with E-state index in [-0.39, 0.29) is 17.7 Å². The van der Waals surface area contributed by atoms with Crippen molar-refractivity contribution in [3.63, 3.8) is 0 Å². The summed E-state index contributed by atoms with van der Waals surface area (Å²) >= 11 is 1.39. The van der Waals surface area contributed by atoms with E-state index in [4.69, 9.17) is 4.42 Å². The third kappa shape index (κ3) is 5.01. The number of carbonyl (C=O) groups excluding carboxylic acids is 1. The molecule has 7 heteroatoms. The number of furan rings is 1. The zero-order valence-corrected chi connectivity index (χ0v) is 16.6. The molecule has 3 aromatic rings. The summed E-state index contributed by atoms with van der Waals surface area (Å²) in [5.41, 5.74) is 1.08. The summed E-state index contributed by atoms with van der Waals surface area (Å²) < 4.78 is 7.49. The van der Waals surface area contributed by atoms with E-state index in [0.717, 1.165) is 17.3 Å². The van der Waals surface area contributed by atoms with E-state index in [1.807, 2.05) is 54.0 Å². The van der Waals surface area contributed by atoms with Gasteiger partial charge in [-0.25, -0.2) is 0 Å². The van der Waals surface area contributed by atoms with E-state index in [9.17, 15) is 4.79 Å². The van der Waals surface area contributed by atoms with Crippen LogP contribution >= 0.6 is 11.8 Å². The summed E-state index contributed by atoms with van der Waals surface area (Å²) in [6, 6.07) is 13.6. The number of carbonyl (C=O) groups is 1. The van der Waals surface area contributed by atoms with Crippen LogP contribution in [0.4, 0.5) is 0 Å². The largest absolute Gasteiger partial charge is 0.461 e. The molecule has 142 valence electrons. The average molecular weight is 385 g/mol. The first kappa shape index (κ1) is 19.2. The maximum Gasteiger partial charge on any atom is 0.230 e. The van der Waals surface area contributed by atoms with Crippen LogP contribution in [0.3, 0.4) is 0 Å². The number of thioether (sulfide) groups is 1. The van der Waals surface area contributed by atoms with Crippen molar-refractivity contribution in [3.05, 3.63) is 54.3 Å². The van der Waals surface area contributed by atoms with Gasteiger partial charge in [-0.05, 0) is 30.5 Å². The zero-order chi connectivity index (χ0) is 19.2. The van der Waals surface area contributed by atoms with E-state index in [1.165, 1.54) is 11.8 Å². The van der Waals surface area contributed by atoms with Crippen molar-refractivity contribution in [3.8, 4) is 11.6 Å². The topological polar surface area (TPSA) is 73.0 Å². The molecular weight excluding hydrogens is 360 g/mol. The third-order valence-corrected chi connectivity index (χ3v) is 4.98. The van der Waals surface area contributed by atoms with Gasteiger partial charge < -0.3 is 9.73 Å². The van der Waals surface area contributed by atoms with Crippen molar-refractivity contribution < 1.29 is 9.21 Å². The van der Waals surface area contributed by atoms with Gasteiger partial charge in [-0.1, -0.05) is 55.9 Å². The van der Waals surface area contributed by atoms with Crippen molar-refractivity contribution in [1.29, 1.82) is 0 Å². The Balaban J connectivity index is 1.66. The molecule has 2 heterocycles. The van der Waals surface area contributed by atoms with Crippen LogP contribution in [0.2, 0.25) is 0 Å². The Morgan fingerprint density at radius 3 is 2.59 bits per heavy atom. The summed E-state index contributed by atoms with van der Waals surface area (Å²) in [7, 11) is 0. The van der Waals surface area contributed by atoms with E-state index in [1.54, 1.807) is 6.26 Å². The van der Waals surface area contributed by atoms with Gasteiger partial charge in [0, 0.05) is 6.54 Å². The van der Waals surface area contributed by atoms with E-state index in [0.29, 0.717) is 17.5 Å². The molecule has 0 saturated carbocycles. The predicted octanol–water partition coefficient (Wildman–Crippen LogP) is 4.16. The average Bonchev–Trinajstić information content (AvgIpc) is 3.30. The molecular formula is C20H24N4O2S. The number of amides is 1. The first-order chi connectivity index (χ1) is 13.0. The van der Waals surface area contributed by atoms with E-state index < -0.39 is 0 Å². The fraction of sp³-hybridized carbons (Fsp3) is 0.350. The van der Waals surface area contributed by atoms with E-state index >= 15 is 0 Å². The Labute approximate surface area is 163 Å². The Kier molecular flexibility index (Phi) is 6.34. The van der Waals surface area contributed by atoms with Crippen molar-refractivity contribution >= 4 is 17.7 Å². The molecule has 0 radical (unpaired) electrons. The molecule has 1 aromatic carbocycles. The lowest BCUT2D eigenvalue weighted by Gasteiger charge is -2.14. The summed E-state index contributed by atoms with van der Waals surface area (Å²) in [6.45, 7) is 7.00. The molecule has 0 aliphatic carbocycles. The summed E-state index contributed by atoms with van der Waals surface area (Å²) in [4.78, 5) is 12.4. The fourth-order valence-corrected chi connectivity index (χ4v) is 3.51. The molecule has 0 spiro atoms.